The van der Waals surface area contributed by atoms with Crippen LogP contribution in [-0.2, 0) is 11.8 Å². The molecule has 128 valence electrons. The molecule has 1 aromatic carbocycles. The van der Waals surface area contributed by atoms with Gasteiger partial charge in [0.05, 0.1) is 12.2 Å². The van der Waals surface area contributed by atoms with E-state index in [2.05, 4.69) is 5.32 Å². The van der Waals surface area contributed by atoms with Crippen molar-refractivity contribution in [2.24, 2.45) is 7.05 Å². The summed E-state index contributed by atoms with van der Waals surface area (Å²) in [5.41, 5.74) is 5.21. The molecular weight excluding hydrogens is 304 g/mol. The number of nitrogens with one attached hydrogen (secondary N) is 1. The molecule has 24 heavy (non-hydrogen) atoms. The smallest absolute Gasteiger partial charge is 0.355 e. The molecule has 1 aromatic heterocycles. The van der Waals surface area contributed by atoms with Crippen molar-refractivity contribution in [2.45, 2.75) is 34.6 Å². The van der Waals surface area contributed by atoms with E-state index < -0.39 is 5.97 Å². The van der Waals surface area contributed by atoms with Gasteiger partial charge < -0.3 is 14.6 Å². The molecule has 0 spiro atoms. The van der Waals surface area contributed by atoms with E-state index in [0.717, 1.165) is 22.5 Å². The molecular formula is C19H24N2O3. The number of anilines is 1. The van der Waals surface area contributed by atoms with Crippen LogP contribution in [0.15, 0.2) is 18.2 Å². The normalized spacial score (nSPS) is 10.6. The molecule has 5 heteroatoms. The van der Waals surface area contributed by atoms with E-state index in [0.29, 0.717) is 23.4 Å². The maximum Gasteiger partial charge on any atom is 0.355 e. The highest BCUT2D eigenvalue weighted by atomic mass is 16.5. The molecule has 0 unspecified atom stereocenters. The zero-order valence-electron chi connectivity index (χ0n) is 15.1. The average molecular weight is 328 g/mol. The Kier molecular flexibility index (Phi) is 5.12. The molecule has 0 saturated heterocycles. The van der Waals surface area contributed by atoms with Crippen LogP contribution in [0.5, 0.6) is 0 Å². The van der Waals surface area contributed by atoms with Crippen molar-refractivity contribution in [1.82, 2.24) is 4.57 Å². The van der Waals surface area contributed by atoms with Gasteiger partial charge in [-0.25, -0.2) is 4.79 Å². The lowest BCUT2D eigenvalue weighted by Gasteiger charge is -2.10. The van der Waals surface area contributed by atoms with Gasteiger partial charge in [0.15, 0.2) is 0 Å². The number of aryl methyl sites for hydroxylation is 2. The van der Waals surface area contributed by atoms with E-state index in [1.54, 1.807) is 25.5 Å². The first-order chi connectivity index (χ1) is 11.3. The average Bonchev–Trinajstić information content (AvgIpc) is 2.72. The van der Waals surface area contributed by atoms with Crippen LogP contribution in [0.4, 0.5) is 5.69 Å². The summed E-state index contributed by atoms with van der Waals surface area (Å²) in [4.78, 5) is 24.9. The van der Waals surface area contributed by atoms with Crippen LogP contribution < -0.4 is 5.32 Å². The van der Waals surface area contributed by atoms with Crippen LogP contribution >= 0.6 is 0 Å². The Morgan fingerprint density at radius 1 is 1.17 bits per heavy atom. The number of ether oxygens (including phenoxy) is 1. The van der Waals surface area contributed by atoms with Crippen LogP contribution in [0.1, 0.15) is 50.2 Å². The highest BCUT2D eigenvalue weighted by Crippen LogP contribution is 2.24. The number of benzene rings is 1. The van der Waals surface area contributed by atoms with Gasteiger partial charge in [-0.3, -0.25) is 4.79 Å². The summed E-state index contributed by atoms with van der Waals surface area (Å²) in [6, 6.07) is 5.87. The van der Waals surface area contributed by atoms with Gasteiger partial charge in [0.25, 0.3) is 5.91 Å². The van der Waals surface area contributed by atoms with Crippen molar-refractivity contribution < 1.29 is 14.3 Å². The van der Waals surface area contributed by atoms with Crippen LogP contribution in [0.2, 0.25) is 0 Å². The van der Waals surface area contributed by atoms with Crippen molar-refractivity contribution >= 4 is 17.6 Å². The van der Waals surface area contributed by atoms with Gasteiger partial charge in [-0.15, -0.1) is 0 Å². The molecule has 0 radical (unpaired) electrons. The van der Waals surface area contributed by atoms with E-state index in [4.69, 9.17) is 4.74 Å². The maximum atomic E-state index is 12.8. The summed E-state index contributed by atoms with van der Waals surface area (Å²) in [7, 11) is 1.77. The van der Waals surface area contributed by atoms with Crippen molar-refractivity contribution in [3.63, 3.8) is 0 Å². The third kappa shape index (κ3) is 3.20. The number of hydrogen-bond donors (Lipinski definition) is 1. The largest absolute Gasteiger partial charge is 0.461 e. The van der Waals surface area contributed by atoms with Gasteiger partial charge in [0.2, 0.25) is 0 Å². The highest BCUT2D eigenvalue weighted by molar-refractivity contribution is 6.08. The van der Waals surface area contributed by atoms with Gasteiger partial charge >= 0.3 is 5.97 Å². The SMILES string of the molecule is CCOC(=O)c1c(C)c(C(=O)Nc2ccc(C)cc2C)c(C)n1C. The summed E-state index contributed by atoms with van der Waals surface area (Å²) in [6.07, 6.45) is 0. The minimum absolute atomic E-state index is 0.219. The van der Waals surface area contributed by atoms with Crippen molar-refractivity contribution in [1.29, 1.82) is 0 Å². The van der Waals surface area contributed by atoms with E-state index in [-0.39, 0.29) is 5.91 Å². The fraction of sp³-hybridized carbons (Fsp3) is 0.368. The quantitative estimate of drug-likeness (QED) is 0.871. The Morgan fingerprint density at radius 3 is 2.42 bits per heavy atom. The van der Waals surface area contributed by atoms with Gasteiger partial charge in [-0.2, -0.15) is 0 Å². The number of aromatic nitrogens is 1. The molecule has 0 aliphatic rings. The Morgan fingerprint density at radius 2 is 1.83 bits per heavy atom. The summed E-state index contributed by atoms with van der Waals surface area (Å²) in [6.45, 7) is 9.62. The van der Waals surface area contributed by atoms with Gasteiger partial charge in [0, 0.05) is 18.4 Å². The first kappa shape index (κ1) is 17.8. The van der Waals surface area contributed by atoms with Crippen molar-refractivity contribution in [2.75, 3.05) is 11.9 Å². The lowest BCUT2D eigenvalue weighted by Crippen LogP contribution is -2.15. The fourth-order valence-electron chi connectivity index (χ4n) is 2.94. The lowest BCUT2D eigenvalue weighted by molar-refractivity contribution is 0.0514. The van der Waals surface area contributed by atoms with E-state index in [1.807, 2.05) is 39.0 Å². The second kappa shape index (κ2) is 6.91. The number of esters is 1. The minimum Gasteiger partial charge on any atom is -0.461 e. The molecule has 0 bridgehead atoms. The predicted molar refractivity (Wildman–Crippen MR) is 94.7 cm³/mol. The zero-order chi connectivity index (χ0) is 18.0. The van der Waals surface area contributed by atoms with E-state index in [1.165, 1.54) is 0 Å². The number of rotatable bonds is 4. The molecule has 0 atom stereocenters. The Labute approximate surface area is 142 Å². The summed E-state index contributed by atoms with van der Waals surface area (Å²) in [5.74, 6) is -0.630. The minimum atomic E-state index is -0.411. The molecule has 1 N–H and O–H groups in total. The molecule has 0 aliphatic carbocycles. The van der Waals surface area contributed by atoms with Gasteiger partial charge in [-0.05, 0) is 51.8 Å². The molecule has 1 heterocycles. The molecule has 5 nitrogen and oxygen atoms in total. The summed E-state index contributed by atoms with van der Waals surface area (Å²) < 4.78 is 6.81. The van der Waals surface area contributed by atoms with Crippen LogP contribution in [0.25, 0.3) is 0 Å². The Hall–Kier alpha value is -2.56. The third-order valence-electron chi connectivity index (χ3n) is 4.26. The van der Waals surface area contributed by atoms with Crippen LogP contribution in [-0.4, -0.2) is 23.1 Å². The first-order valence-corrected chi connectivity index (χ1v) is 7.99. The van der Waals surface area contributed by atoms with Crippen molar-refractivity contribution in [3.8, 4) is 0 Å². The Bertz CT molecular complexity index is 803. The van der Waals surface area contributed by atoms with E-state index >= 15 is 0 Å². The maximum absolute atomic E-state index is 12.8. The molecule has 0 saturated carbocycles. The third-order valence-corrected chi connectivity index (χ3v) is 4.26. The topological polar surface area (TPSA) is 60.3 Å². The molecule has 0 aliphatic heterocycles. The standard InChI is InChI=1S/C19H24N2O3/c1-7-24-19(23)17-13(4)16(14(5)21(17)6)18(22)20-15-9-8-11(2)10-12(15)3/h8-10H,7H2,1-6H3,(H,20,22). The number of carbonyl (C=O) groups is 2. The molecule has 0 fully saturated rings. The zero-order valence-corrected chi connectivity index (χ0v) is 15.1. The van der Waals surface area contributed by atoms with Crippen LogP contribution in [0, 0.1) is 27.7 Å². The van der Waals surface area contributed by atoms with Gasteiger partial charge in [-0.1, -0.05) is 17.7 Å². The second-order valence-corrected chi connectivity index (χ2v) is 5.99. The van der Waals surface area contributed by atoms with Crippen LogP contribution in [0.3, 0.4) is 0 Å². The summed E-state index contributed by atoms with van der Waals surface area (Å²) >= 11 is 0. The van der Waals surface area contributed by atoms with Crippen molar-refractivity contribution in [3.05, 3.63) is 51.8 Å². The second-order valence-electron chi connectivity index (χ2n) is 5.99. The summed E-state index contributed by atoms with van der Waals surface area (Å²) in [5, 5.41) is 2.94. The molecule has 1 amide bonds. The Balaban J connectivity index is 2.39. The first-order valence-electron chi connectivity index (χ1n) is 7.99. The number of carbonyl (C=O) groups excluding carboxylic acids is 2. The number of amides is 1. The fourth-order valence-corrected chi connectivity index (χ4v) is 2.94. The van der Waals surface area contributed by atoms with E-state index in [9.17, 15) is 9.59 Å². The number of nitrogens with zero attached hydrogens (tertiary/aromatic N) is 1. The number of hydrogen-bond acceptors (Lipinski definition) is 3. The highest BCUT2D eigenvalue weighted by Gasteiger charge is 2.25. The van der Waals surface area contributed by atoms with Gasteiger partial charge in [0.1, 0.15) is 5.69 Å². The monoisotopic (exact) mass is 328 g/mol. The predicted octanol–water partition coefficient (Wildman–Crippen LogP) is 3.69. The lowest BCUT2D eigenvalue weighted by atomic mass is 10.1. The molecule has 2 aromatic rings. The molecule has 2 rings (SSSR count).